The van der Waals surface area contributed by atoms with Gasteiger partial charge in [-0.05, 0) is 17.7 Å². The molecule has 1 aromatic rings. The van der Waals surface area contributed by atoms with Gasteiger partial charge in [-0.25, -0.2) is 4.39 Å². The minimum Gasteiger partial charge on any atom is -0.398 e. The maximum atomic E-state index is 13.8. The second-order valence-corrected chi connectivity index (χ2v) is 8.13. The quantitative estimate of drug-likeness (QED) is 0.305. The maximum absolute atomic E-state index is 13.8. The largest absolute Gasteiger partial charge is 0.398 e. The van der Waals surface area contributed by atoms with Gasteiger partial charge in [0, 0.05) is 23.0 Å². The van der Waals surface area contributed by atoms with E-state index in [-0.39, 0.29) is 23.6 Å². The molecule has 0 spiro atoms. The van der Waals surface area contributed by atoms with Crippen molar-refractivity contribution in [2.75, 3.05) is 5.73 Å². The minimum absolute atomic E-state index is 0.0925. The summed E-state index contributed by atoms with van der Waals surface area (Å²) in [5.41, 5.74) is 5.52. The van der Waals surface area contributed by atoms with Gasteiger partial charge in [0.1, 0.15) is 45.0 Å². The molecule has 2 aliphatic heterocycles. The monoisotopic (exact) mass is 337 g/mol. The van der Waals surface area contributed by atoms with Crippen molar-refractivity contribution in [2.24, 2.45) is 0 Å². The lowest BCUT2D eigenvalue weighted by atomic mass is 9.35. The van der Waals surface area contributed by atoms with E-state index in [0.29, 0.717) is 5.56 Å². The lowest BCUT2D eigenvalue weighted by Gasteiger charge is -2.56. The normalized spacial score (nSPS) is 27.1. The highest BCUT2D eigenvalue weighted by Gasteiger charge is 2.62. The number of nitrogens with two attached hydrogens (primary N) is 1. The van der Waals surface area contributed by atoms with Gasteiger partial charge in [-0.15, -0.1) is 0 Å². The fourth-order valence-electron chi connectivity index (χ4n) is 4.31. The van der Waals surface area contributed by atoms with Crippen LogP contribution in [0.25, 0.3) is 0 Å². The molecule has 0 saturated carbocycles. The van der Waals surface area contributed by atoms with Crippen molar-refractivity contribution in [1.82, 2.24) is 10.2 Å². The number of fused-ring (bicyclic) bond motifs is 1. The molecule has 0 aromatic heterocycles. The van der Waals surface area contributed by atoms with Crippen molar-refractivity contribution in [3.63, 3.8) is 0 Å². The molecule has 1 saturated heterocycles. The first-order valence-corrected chi connectivity index (χ1v) is 8.12. The zero-order valence-electron chi connectivity index (χ0n) is 15.0. The Morgan fingerprint density at radius 1 is 1.12 bits per heavy atom. The summed E-state index contributed by atoms with van der Waals surface area (Å²) in [7, 11) is 8.75. The molecule has 3 N–H and O–H groups in total. The fourth-order valence-corrected chi connectivity index (χ4v) is 4.31. The molecule has 1 aromatic carbocycles. The van der Waals surface area contributed by atoms with Gasteiger partial charge >= 0.3 is 0 Å². The van der Waals surface area contributed by atoms with Crippen LogP contribution in [0.5, 0.6) is 0 Å². The van der Waals surface area contributed by atoms with E-state index in [0.717, 1.165) is 6.07 Å². The number of nitrogens with zero attached hydrogens (tertiary/aromatic N) is 1. The first-order valence-electron chi connectivity index (χ1n) is 8.12. The van der Waals surface area contributed by atoms with Crippen LogP contribution in [-0.4, -0.2) is 67.3 Å². The van der Waals surface area contributed by atoms with Crippen LogP contribution in [0.1, 0.15) is 22.3 Å². The van der Waals surface area contributed by atoms with E-state index in [1.165, 1.54) is 11.0 Å². The highest BCUT2D eigenvalue weighted by Crippen LogP contribution is 2.50. The van der Waals surface area contributed by atoms with Gasteiger partial charge in [0.25, 0.3) is 5.91 Å². The lowest BCUT2D eigenvalue weighted by Crippen LogP contribution is -2.74. The molecule has 0 aliphatic carbocycles. The molecule has 1 atom stereocenters. The maximum Gasteiger partial charge on any atom is 0.254 e. The van der Waals surface area contributed by atoms with Gasteiger partial charge in [0.15, 0.2) is 0 Å². The van der Waals surface area contributed by atoms with Crippen molar-refractivity contribution in [1.29, 1.82) is 0 Å². The van der Waals surface area contributed by atoms with Crippen molar-refractivity contribution >= 4 is 62.6 Å². The van der Waals surface area contributed by atoms with E-state index in [1.807, 2.05) is 0 Å². The summed E-state index contributed by atoms with van der Waals surface area (Å²) >= 11 is 0. The number of rotatable bonds is 1. The summed E-state index contributed by atoms with van der Waals surface area (Å²) in [5, 5.41) is 0.589. The van der Waals surface area contributed by atoms with Crippen LogP contribution in [-0.2, 0) is 14.9 Å². The van der Waals surface area contributed by atoms with Crippen LogP contribution in [0, 0.1) is 5.82 Å². The Bertz CT molecular complexity index is 846. The summed E-state index contributed by atoms with van der Waals surface area (Å²) in [6.45, 7) is 0. The molecule has 6 nitrogen and oxygen atoms in total. The number of anilines is 1. The van der Waals surface area contributed by atoms with Gasteiger partial charge in [-0.3, -0.25) is 19.7 Å². The third-order valence-corrected chi connectivity index (χ3v) is 5.80. The summed E-state index contributed by atoms with van der Waals surface area (Å²) < 4.78 is 13.8. The topological polar surface area (TPSA) is 92.5 Å². The molecule has 124 valence electrons. The number of hydrogen-bond donors (Lipinski definition) is 2. The molecule has 2 aliphatic rings. The lowest BCUT2D eigenvalue weighted by molar-refractivity contribution is -0.140. The van der Waals surface area contributed by atoms with Gasteiger partial charge < -0.3 is 10.6 Å². The number of nitrogens with one attached hydrogen (secondary N) is 1. The smallest absolute Gasteiger partial charge is 0.254 e. The average Bonchev–Trinajstić information content (AvgIpc) is 2.62. The number of nitrogen functional groups attached to an aromatic ring is 1. The molecule has 1 fully saturated rings. The minimum atomic E-state index is -1.30. The Labute approximate surface area is 149 Å². The van der Waals surface area contributed by atoms with E-state index < -0.39 is 33.6 Å². The Balaban J connectivity index is 2.25. The summed E-state index contributed by atoms with van der Waals surface area (Å²) in [6, 6.07) is 2.33. The fraction of sp³-hybridized carbons (Fsp3) is 0.308. The van der Waals surface area contributed by atoms with Crippen LogP contribution in [0.15, 0.2) is 12.1 Å². The summed E-state index contributed by atoms with van der Waals surface area (Å²) in [6.07, 6.45) is 0.0925. The zero-order valence-corrected chi connectivity index (χ0v) is 15.0. The Morgan fingerprint density at radius 2 is 1.72 bits per heavy atom. The van der Waals surface area contributed by atoms with Crippen molar-refractivity contribution in [3.8, 4) is 0 Å². The Kier molecular flexibility index (Phi) is 3.51. The Morgan fingerprint density at radius 3 is 2.28 bits per heavy atom. The summed E-state index contributed by atoms with van der Waals surface area (Å²) in [5.74, 6) is -1.98. The second kappa shape index (κ2) is 4.96. The first kappa shape index (κ1) is 17.7. The van der Waals surface area contributed by atoms with E-state index >= 15 is 0 Å². The molecule has 12 heteroatoms. The van der Waals surface area contributed by atoms with E-state index in [9.17, 15) is 18.8 Å². The van der Waals surface area contributed by atoms with Gasteiger partial charge in [0.2, 0.25) is 11.8 Å². The van der Waals surface area contributed by atoms with Crippen molar-refractivity contribution < 1.29 is 18.8 Å². The number of carbonyl (C=O) groups is 3. The molecular formula is C13H17B5FN3O3. The molecule has 0 radical (unpaired) electrons. The third-order valence-electron chi connectivity index (χ3n) is 5.80. The predicted octanol–water partition coefficient (Wildman–Crippen LogP) is -5.00. The van der Waals surface area contributed by atoms with E-state index in [1.54, 1.807) is 39.2 Å². The van der Waals surface area contributed by atoms with E-state index in [2.05, 4.69) is 5.32 Å². The number of amides is 3. The number of hydrogen-bond acceptors (Lipinski definition) is 4. The van der Waals surface area contributed by atoms with Crippen molar-refractivity contribution in [2.45, 2.75) is 22.4 Å². The molecule has 2 heterocycles. The first-order chi connectivity index (χ1) is 11.3. The van der Waals surface area contributed by atoms with Gasteiger partial charge in [-0.1, -0.05) is 5.21 Å². The third kappa shape index (κ3) is 2.12. The molecule has 3 amide bonds. The predicted molar refractivity (Wildman–Crippen MR) is 105 cm³/mol. The highest BCUT2D eigenvalue weighted by molar-refractivity contribution is 6.53. The van der Waals surface area contributed by atoms with E-state index in [4.69, 9.17) is 5.73 Å². The van der Waals surface area contributed by atoms with Crippen LogP contribution in [0.2, 0.25) is 5.21 Å². The highest BCUT2D eigenvalue weighted by atomic mass is 19.1. The zero-order chi connectivity index (χ0) is 18.9. The number of benzene rings is 1. The number of halogens is 1. The SMILES string of the molecule is BC1(B)c2c(N)cc(F)cc2C(=O)N1C1(B)C(=O)NC(=O)CC1(B)B. The second-order valence-electron chi connectivity index (χ2n) is 8.13. The molecule has 1 unspecified atom stereocenters. The number of carbonyl (C=O) groups excluding carboxylic acids is 3. The standard InChI is InChI=1S/C13H17B5FN3O3/c14-11(15)3-7(23)21-10(25)12(11,16)22-9(24)5-1-4(19)2-6(20)8(5)13(22,17)18/h1-2H,3,14-18,20H2,(H,21,23,25). The van der Waals surface area contributed by atoms with Crippen LogP contribution < -0.4 is 11.1 Å². The number of imide groups is 1. The molecule has 0 bridgehead atoms. The average molecular weight is 336 g/mol. The molecule has 25 heavy (non-hydrogen) atoms. The van der Waals surface area contributed by atoms with Crippen LogP contribution in [0.3, 0.4) is 0 Å². The van der Waals surface area contributed by atoms with Crippen LogP contribution >= 0.6 is 0 Å². The molecule has 3 rings (SSSR count). The van der Waals surface area contributed by atoms with Crippen LogP contribution in [0.4, 0.5) is 10.1 Å². The number of piperidine rings is 1. The molecular weight excluding hydrogens is 319 g/mol. The Hall–Kier alpha value is -2.12. The van der Waals surface area contributed by atoms with Crippen molar-refractivity contribution in [3.05, 3.63) is 29.1 Å². The summed E-state index contributed by atoms with van der Waals surface area (Å²) in [4.78, 5) is 39.3. The van der Waals surface area contributed by atoms with Gasteiger partial charge in [0.05, 0.1) is 5.44 Å². The van der Waals surface area contributed by atoms with Gasteiger partial charge in [-0.2, -0.15) is 0 Å².